The lowest BCUT2D eigenvalue weighted by molar-refractivity contribution is 0.103. The van der Waals surface area contributed by atoms with Gasteiger partial charge in [0.1, 0.15) is 5.82 Å². The van der Waals surface area contributed by atoms with Crippen LogP contribution in [0, 0.1) is 5.82 Å². The fraction of sp³-hybridized carbons (Fsp3) is 0.278. The first-order chi connectivity index (χ1) is 11.1. The number of rotatable bonds is 7. The van der Waals surface area contributed by atoms with E-state index in [-0.39, 0.29) is 23.2 Å². The molecule has 0 aliphatic heterocycles. The molecule has 0 radical (unpaired) electrons. The van der Waals surface area contributed by atoms with Crippen molar-refractivity contribution in [3.8, 4) is 0 Å². The van der Waals surface area contributed by atoms with Crippen LogP contribution in [-0.2, 0) is 0 Å². The summed E-state index contributed by atoms with van der Waals surface area (Å²) in [6, 6.07) is 11.3. The number of ketones is 1. The van der Waals surface area contributed by atoms with Crippen LogP contribution in [0.15, 0.2) is 42.5 Å². The molecule has 23 heavy (non-hydrogen) atoms. The van der Waals surface area contributed by atoms with Crippen molar-refractivity contribution < 1.29 is 14.3 Å². The third-order valence-electron chi connectivity index (χ3n) is 3.67. The van der Waals surface area contributed by atoms with E-state index in [1.54, 1.807) is 42.5 Å². The van der Waals surface area contributed by atoms with Crippen LogP contribution in [0.3, 0.4) is 0 Å². The lowest BCUT2D eigenvalue weighted by Gasteiger charge is -2.19. The quantitative estimate of drug-likeness (QED) is 0.758. The van der Waals surface area contributed by atoms with Gasteiger partial charge < -0.3 is 10.4 Å². The average Bonchev–Trinajstić information content (AvgIpc) is 2.57. The van der Waals surface area contributed by atoms with E-state index in [4.69, 9.17) is 16.7 Å². The van der Waals surface area contributed by atoms with E-state index in [9.17, 15) is 9.18 Å². The summed E-state index contributed by atoms with van der Waals surface area (Å²) in [7, 11) is 0. The zero-order chi connectivity index (χ0) is 16.8. The third kappa shape index (κ3) is 3.96. The molecule has 0 bridgehead atoms. The normalized spacial score (nSPS) is 12.2. The number of carbonyl (C=O) groups excluding carboxylic acids is 1. The Kier molecular flexibility index (Phi) is 6.28. The van der Waals surface area contributed by atoms with E-state index in [2.05, 4.69) is 5.32 Å². The number of aliphatic hydroxyl groups is 1. The van der Waals surface area contributed by atoms with E-state index in [0.29, 0.717) is 24.1 Å². The van der Waals surface area contributed by atoms with Crippen LogP contribution in [-0.4, -0.2) is 24.0 Å². The van der Waals surface area contributed by atoms with Crippen LogP contribution < -0.4 is 5.32 Å². The maximum atomic E-state index is 14.9. The topological polar surface area (TPSA) is 49.3 Å². The largest absolute Gasteiger partial charge is 0.395 e. The van der Waals surface area contributed by atoms with Gasteiger partial charge in [-0.25, -0.2) is 4.39 Å². The molecule has 2 aromatic rings. The molecule has 2 N–H and O–H groups in total. The summed E-state index contributed by atoms with van der Waals surface area (Å²) in [6.07, 6.45) is 0.623. The molecule has 0 aromatic heterocycles. The van der Waals surface area contributed by atoms with Gasteiger partial charge in [0.15, 0.2) is 5.78 Å². The maximum Gasteiger partial charge on any atom is 0.197 e. The molecule has 0 unspecified atom stereocenters. The van der Waals surface area contributed by atoms with Gasteiger partial charge >= 0.3 is 0 Å². The fourth-order valence-corrected chi connectivity index (χ4v) is 2.72. The zero-order valence-electron chi connectivity index (χ0n) is 12.9. The summed E-state index contributed by atoms with van der Waals surface area (Å²) in [4.78, 5) is 12.6. The van der Waals surface area contributed by atoms with Gasteiger partial charge in [0.25, 0.3) is 0 Å². The minimum Gasteiger partial charge on any atom is -0.395 e. The molecule has 0 heterocycles. The predicted octanol–water partition coefficient (Wildman–Crippen LogP) is 3.74. The standard InChI is InChI=1S/C18H19ClFNO2/c1-2-15(21-10-11-22)13-8-9-14(19)16(17(13)20)18(23)12-6-4-3-5-7-12/h3-9,15,21-22H,2,10-11H2,1H3/t15-/m1/s1. The number of halogens is 2. The number of hydrogen-bond acceptors (Lipinski definition) is 3. The van der Waals surface area contributed by atoms with E-state index in [0.717, 1.165) is 0 Å². The molecular weight excluding hydrogens is 317 g/mol. The van der Waals surface area contributed by atoms with Crippen molar-refractivity contribution in [2.24, 2.45) is 0 Å². The SMILES string of the molecule is CC[C@@H](NCCO)c1ccc(Cl)c(C(=O)c2ccccc2)c1F. The Morgan fingerprint density at radius 2 is 1.96 bits per heavy atom. The second-order valence-corrected chi connectivity index (χ2v) is 5.57. The van der Waals surface area contributed by atoms with Crippen molar-refractivity contribution in [2.45, 2.75) is 19.4 Å². The van der Waals surface area contributed by atoms with Gasteiger partial charge in [-0.15, -0.1) is 0 Å². The van der Waals surface area contributed by atoms with Gasteiger partial charge in [0.2, 0.25) is 0 Å². The third-order valence-corrected chi connectivity index (χ3v) is 3.99. The van der Waals surface area contributed by atoms with Crippen molar-refractivity contribution in [1.82, 2.24) is 5.32 Å². The molecule has 2 aromatic carbocycles. The van der Waals surface area contributed by atoms with Crippen molar-refractivity contribution in [1.29, 1.82) is 0 Å². The Balaban J connectivity index is 2.44. The second kappa shape index (κ2) is 8.20. The molecule has 0 saturated carbocycles. The van der Waals surface area contributed by atoms with Gasteiger partial charge in [-0.1, -0.05) is 54.9 Å². The van der Waals surface area contributed by atoms with Crippen LogP contribution in [0.25, 0.3) is 0 Å². The number of carbonyl (C=O) groups is 1. The molecular formula is C18H19ClFNO2. The zero-order valence-corrected chi connectivity index (χ0v) is 13.6. The van der Waals surface area contributed by atoms with Gasteiger partial charge in [-0.3, -0.25) is 4.79 Å². The van der Waals surface area contributed by atoms with Crippen LogP contribution >= 0.6 is 11.6 Å². The summed E-state index contributed by atoms with van der Waals surface area (Å²) in [6.45, 7) is 2.21. The van der Waals surface area contributed by atoms with E-state index >= 15 is 0 Å². The molecule has 0 spiro atoms. The average molecular weight is 336 g/mol. The molecule has 0 saturated heterocycles. The Hall–Kier alpha value is -1.75. The lowest BCUT2D eigenvalue weighted by atomic mass is 9.96. The number of benzene rings is 2. The minimum atomic E-state index is -0.608. The molecule has 0 fully saturated rings. The van der Waals surface area contributed by atoms with Crippen LogP contribution in [0.5, 0.6) is 0 Å². The number of aliphatic hydroxyl groups excluding tert-OH is 1. The van der Waals surface area contributed by atoms with Gasteiger partial charge in [0, 0.05) is 23.7 Å². The molecule has 5 heteroatoms. The van der Waals surface area contributed by atoms with E-state index in [1.807, 2.05) is 6.92 Å². The van der Waals surface area contributed by atoms with Crippen molar-refractivity contribution in [3.05, 3.63) is 70.0 Å². The number of nitrogens with one attached hydrogen (secondary N) is 1. The highest BCUT2D eigenvalue weighted by Gasteiger charge is 2.23. The van der Waals surface area contributed by atoms with E-state index < -0.39 is 11.6 Å². The summed E-state index contributed by atoms with van der Waals surface area (Å²) in [5, 5.41) is 12.1. The van der Waals surface area contributed by atoms with Crippen molar-refractivity contribution >= 4 is 17.4 Å². The van der Waals surface area contributed by atoms with Crippen LogP contribution in [0.4, 0.5) is 4.39 Å². The molecule has 1 atom stereocenters. The van der Waals surface area contributed by atoms with Crippen LogP contribution in [0.2, 0.25) is 5.02 Å². The second-order valence-electron chi connectivity index (χ2n) is 5.16. The highest BCUT2D eigenvalue weighted by molar-refractivity contribution is 6.35. The molecule has 0 amide bonds. The highest BCUT2D eigenvalue weighted by Crippen LogP contribution is 2.29. The Labute approximate surface area is 140 Å². The van der Waals surface area contributed by atoms with Gasteiger partial charge in [-0.05, 0) is 12.5 Å². The molecule has 0 aliphatic rings. The summed E-state index contributed by atoms with van der Waals surface area (Å²) in [5.41, 5.74) is 0.658. The smallest absolute Gasteiger partial charge is 0.197 e. The predicted molar refractivity (Wildman–Crippen MR) is 89.4 cm³/mol. The van der Waals surface area contributed by atoms with Gasteiger partial charge in [0.05, 0.1) is 17.2 Å². The summed E-state index contributed by atoms with van der Waals surface area (Å²) < 4.78 is 14.9. The Bertz CT molecular complexity index is 676. The minimum absolute atomic E-state index is 0.0402. The van der Waals surface area contributed by atoms with Crippen molar-refractivity contribution in [3.63, 3.8) is 0 Å². The first kappa shape index (κ1) is 17.6. The maximum absolute atomic E-state index is 14.9. The molecule has 122 valence electrons. The Morgan fingerprint density at radius 3 is 2.57 bits per heavy atom. The highest BCUT2D eigenvalue weighted by atomic mass is 35.5. The molecule has 2 rings (SSSR count). The van der Waals surface area contributed by atoms with Crippen LogP contribution in [0.1, 0.15) is 40.9 Å². The van der Waals surface area contributed by atoms with Gasteiger partial charge in [-0.2, -0.15) is 0 Å². The Morgan fingerprint density at radius 1 is 1.26 bits per heavy atom. The first-order valence-corrected chi connectivity index (χ1v) is 7.89. The summed E-state index contributed by atoms with van der Waals surface area (Å²) in [5.74, 6) is -1.05. The fourth-order valence-electron chi connectivity index (χ4n) is 2.49. The van der Waals surface area contributed by atoms with E-state index in [1.165, 1.54) is 0 Å². The first-order valence-electron chi connectivity index (χ1n) is 7.52. The number of hydrogen-bond donors (Lipinski definition) is 2. The monoisotopic (exact) mass is 335 g/mol. The molecule has 3 nitrogen and oxygen atoms in total. The lowest BCUT2D eigenvalue weighted by Crippen LogP contribution is -2.25. The molecule has 0 aliphatic carbocycles. The summed E-state index contributed by atoms with van der Waals surface area (Å²) >= 11 is 6.08. The van der Waals surface area contributed by atoms with Crippen molar-refractivity contribution in [2.75, 3.05) is 13.2 Å².